The van der Waals surface area contributed by atoms with E-state index >= 15 is 0 Å². The van der Waals surface area contributed by atoms with Crippen molar-refractivity contribution in [2.75, 3.05) is 0 Å². The second-order valence-corrected chi connectivity index (χ2v) is 3.53. The van der Waals surface area contributed by atoms with E-state index in [1.54, 1.807) is 0 Å². The maximum Gasteiger partial charge on any atom is 0.126 e. The van der Waals surface area contributed by atoms with Gasteiger partial charge < -0.3 is 10.3 Å². The number of aromatic nitrogens is 2. The third kappa shape index (κ3) is 1.30. The van der Waals surface area contributed by atoms with Crippen LogP contribution in [0.15, 0.2) is 24.3 Å². The van der Waals surface area contributed by atoms with Crippen LogP contribution in [0.4, 0.5) is 0 Å². The molecular weight excluding hydrogens is 174 g/mol. The Bertz CT molecular complexity index is 445. The smallest absolute Gasteiger partial charge is 0.126 e. The van der Waals surface area contributed by atoms with E-state index in [1.165, 1.54) is 0 Å². The van der Waals surface area contributed by atoms with Crippen LogP contribution in [-0.2, 0) is 7.05 Å². The number of rotatable bonds is 2. The summed E-state index contributed by atoms with van der Waals surface area (Å²) in [6, 6.07) is 8.13. The Kier molecular flexibility index (Phi) is 2.25. The molecule has 1 aromatic carbocycles. The van der Waals surface area contributed by atoms with Crippen LogP contribution in [0.5, 0.6) is 0 Å². The molecule has 0 bridgehead atoms. The van der Waals surface area contributed by atoms with E-state index in [0.29, 0.717) is 0 Å². The van der Waals surface area contributed by atoms with Gasteiger partial charge in [0.25, 0.3) is 0 Å². The van der Waals surface area contributed by atoms with Crippen LogP contribution in [0.3, 0.4) is 0 Å². The summed E-state index contributed by atoms with van der Waals surface area (Å²) in [6.07, 6.45) is 0.914. The molecule has 3 heteroatoms. The minimum Gasteiger partial charge on any atom is -0.330 e. The molecule has 14 heavy (non-hydrogen) atoms. The zero-order chi connectivity index (χ0) is 10.1. The van der Waals surface area contributed by atoms with E-state index in [1.807, 2.05) is 25.2 Å². The molecular formula is C11H15N3. The van der Waals surface area contributed by atoms with E-state index in [4.69, 9.17) is 5.73 Å². The zero-order valence-electron chi connectivity index (χ0n) is 8.57. The van der Waals surface area contributed by atoms with Crippen LogP contribution in [0, 0.1) is 0 Å². The Morgan fingerprint density at radius 1 is 1.43 bits per heavy atom. The molecule has 2 N–H and O–H groups in total. The fourth-order valence-corrected chi connectivity index (χ4v) is 1.68. The Morgan fingerprint density at radius 3 is 2.79 bits per heavy atom. The predicted octanol–water partition coefficient (Wildman–Crippen LogP) is 1.98. The van der Waals surface area contributed by atoms with Gasteiger partial charge >= 0.3 is 0 Å². The second kappa shape index (κ2) is 3.42. The Labute approximate surface area is 83.6 Å². The third-order valence-corrected chi connectivity index (χ3v) is 2.59. The van der Waals surface area contributed by atoms with Crippen molar-refractivity contribution in [3.05, 3.63) is 30.1 Å². The molecule has 1 aromatic heterocycles. The van der Waals surface area contributed by atoms with Crippen LogP contribution in [-0.4, -0.2) is 9.55 Å². The fourth-order valence-electron chi connectivity index (χ4n) is 1.68. The standard InChI is InChI=1S/C11H15N3/c1-3-8(12)11-13-9-6-4-5-7-10(9)14(11)2/h4-8H,3,12H2,1-2H3/t8-/m0/s1. The molecule has 0 fully saturated rings. The van der Waals surface area contributed by atoms with Gasteiger partial charge in [0.2, 0.25) is 0 Å². The Morgan fingerprint density at radius 2 is 2.14 bits per heavy atom. The van der Waals surface area contributed by atoms with E-state index < -0.39 is 0 Å². The first kappa shape index (κ1) is 9.21. The van der Waals surface area contributed by atoms with Gasteiger partial charge in [0.15, 0.2) is 0 Å². The molecule has 1 heterocycles. The molecule has 0 spiro atoms. The van der Waals surface area contributed by atoms with Crippen LogP contribution in [0.2, 0.25) is 0 Å². The van der Waals surface area contributed by atoms with Crippen molar-refractivity contribution in [3.8, 4) is 0 Å². The van der Waals surface area contributed by atoms with Gasteiger partial charge in [0, 0.05) is 7.05 Å². The minimum absolute atomic E-state index is 0.0346. The molecule has 0 unspecified atom stereocenters. The highest BCUT2D eigenvalue weighted by atomic mass is 15.1. The quantitative estimate of drug-likeness (QED) is 0.785. The lowest BCUT2D eigenvalue weighted by Gasteiger charge is -2.07. The van der Waals surface area contributed by atoms with Crippen LogP contribution in [0.1, 0.15) is 25.2 Å². The van der Waals surface area contributed by atoms with Crippen LogP contribution >= 0.6 is 0 Å². The molecule has 2 aromatic rings. The highest BCUT2D eigenvalue weighted by Crippen LogP contribution is 2.19. The third-order valence-electron chi connectivity index (χ3n) is 2.59. The number of hydrogen-bond donors (Lipinski definition) is 1. The maximum absolute atomic E-state index is 5.98. The predicted molar refractivity (Wildman–Crippen MR) is 57.9 cm³/mol. The average Bonchev–Trinajstić information content (AvgIpc) is 2.56. The van der Waals surface area contributed by atoms with Crippen molar-refractivity contribution in [1.82, 2.24) is 9.55 Å². The number of nitrogens with two attached hydrogens (primary N) is 1. The van der Waals surface area contributed by atoms with Gasteiger partial charge in [-0.25, -0.2) is 4.98 Å². The summed E-state index contributed by atoms with van der Waals surface area (Å²) in [4.78, 5) is 4.52. The minimum atomic E-state index is 0.0346. The number of hydrogen-bond acceptors (Lipinski definition) is 2. The van der Waals surface area contributed by atoms with E-state index in [-0.39, 0.29) is 6.04 Å². The lowest BCUT2D eigenvalue weighted by atomic mass is 10.2. The second-order valence-electron chi connectivity index (χ2n) is 3.53. The first-order valence-electron chi connectivity index (χ1n) is 4.91. The normalized spacial score (nSPS) is 13.4. The topological polar surface area (TPSA) is 43.8 Å². The fraction of sp³-hybridized carbons (Fsp3) is 0.364. The van der Waals surface area contributed by atoms with Gasteiger partial charge in [-0.3, -0.25) is 0 Å². The van der Waals surface area contributed by atoms with Crippen molar-refractivity contribution in [2.45, 2.75) is 19.4 Å². The van der Waals surface area contributed by atoms with Gasteiger partial charge in [-0.15, -0.1) is 0 Å². The summed E-state index contributed by atoms with van der Waals surface area (Å²) >= 11 is 0. The SMILES string of the molecule is CC[C@H](N)c1nc2ccccc2n1C. The molecule has 0 aliphatic carbocycles. The number of para-hydroxylation sites is 2. The number of aryl methyl sites for hydroxylation is 1. The summed E-state index contributed by atoms with van der Waals surface area (Å²) in [7, 11) is 2.01. The van der Waals surface area contributed by atoms with Crippen molar-refractivity contribution in [3.63, 3.8) is 0 Å². The lowest BCUT2D eigenvalue weighted by molar-refractivity contribution is 0.623. The van der Waals surface area contributed by atoms with Crippen LogP contribution in [0.25, 0.3) is 11.0 Å². The van der Waals surface area contributed by atoms with Crippen molar-refractivity contribution in [2.24, 2.45) is 12.8 Å². The molecule has 0 saturated heterocycles. The maximum atomic E-state index is 5.98. The zero-order valence-corrected chi connectivity index (χ0v) is 8.57. The van der Waals surface area contributed by atoms with E-state index in [0.717, 1.165) is 23.3 Å². The highest BCUT2D eigenvalue weighted by Gasteiger charge is 2.12. The van der Waals surface area contributed by atoms with Gasteiger partial charge in [-0.1, -0.05) is 19.1 Å². The van der Waals surface area contributed by atoms with Gasteiger partial charge in [0.05, 0.1) is 17.1 Å². The van der Waals surface area contributed by atoms with Crippen molar-refractivity contribution in [1.29, 1.82) is 0 Å². The molecule has 74 valence electrons. The Balaban J connectivity index is 2.62. The first-order valence-corrected chi connectivity index (χ1v) is 4.91. The molecule has 2 rings (SSSR count). The van der Waals surface area contributed by atoms with Gasteiger partial charge in [-0.05, 0) is 18.6 Å². The molecule has 3 nitrogen and oxygen atoms in total. The largest absolute Gasteiger partial charge is 0.330 e. The molecule has 0 saturated carbocycles. The molecule has 1 atom stereocenters. The summed E-state index contributed by atoms with van der Waals surface area (Å²) in [5, 5.41) is 0. The van der Waals surface area contributed by atoms with Crippen molar-refractivity contribution < 1.29 is 0 Å². The molecule has 0 aliphatic rings. The molecule has 0 radical (unpaired) electrons. The monoisotopic (exact) mass is 189 g/mol. The summed E-state index contributed by atoms with van der Waals surface area (Å²) in [5.41, 5.74) is 8.14. The number of fused-ring (bicyclic) bond motifs is 1. The first-order chi connectivity index (χ1) is 6.74. The summed E-state index contributed by atoms with van der Waals surface area (Å²) in [6.45, 7) is 2.07. The van der Waals surface area contributed by atoms with E-state index in [9.17, 15) is 0 Å². The number of nitrogens with zero attached hydrogens (tertiary/aromatic N) is 2. The molecule has 0 amide bonds. The van der Waals surface area contributed by atoms with Gasteiger partial charge in [-0.2, -0.15) is 0 Å². The average molecular weight is 189 g/mol. The van der Waals surface area contributed by atoms with Crippen molar-refractivity contribution >= 4 is 11.0 Å². The summed E-state index contributed by atoms with van der Waals surface area (Å²) < 4.78 is 2.07. The summed E-state index contributed by atoms with van der Waals surface area (Å²) in [5.74, 6) is 0.966. The molecule has 0 aliphatic heterocycles. The lowest BCUT2D eigenvalue weighted by Crippen LogP contribution is -2.13. The Hall–Kier alpha value is -1.35. The highest BCUT2D eigenvalue weighted by molar-refractivity contribution is 5.75. The number of imidazole rings is 1. The number of benzene rings is 1. The van der Waals surface area contributed by atoms with Crippen LogP contribution < -0.4 is 5.73 Å². The van der Waals surface area contributed by atoms with Gasteiger partial charge in [0.1, 0.15) is 5.82 Å². The van der Waals surface area contributed by atoms with E-state index in [2.05, 4.69) is 22.5 Å².